The van der Waals surface area contributed by atoms with Gasteiger partial charge in [-0.3, -0.25) is 4.90 Å². The molecule has 0 amide bonds. The molecule has 0 aliphatic carbocycles. The standard InChI is InChI=1S/C18H28ClN3.ClH/c19-17-6-3-5-16(13-17)15-22(18-7-4-8-20-14-18)12-11-21-9-1-2-10-21;/h3,5-6,13,18,20H,1-2,4,7-12,14-15H2;1H. The molecule has 0 bridgehead atoms. The van der Waals surface area contributed by atoms with Crippen LogP contribution in [-0.2, 0) is 6.54 Å². The second-order valence-electron chi connectivity index (χ2n) is 6.65. The number of hydrogen-bond donors (Lipinski definition) is 1. The Hall–Kier alpha value is -0.320. The topological polar surface area (TPSA) is 18.5 Å². The zero-order valence-corrected chi connectivity index (χ0v) is 15.4. The van der Waals surface area contributed by atoms with E-state index in [1.54, 1.807) is 0 Å². The summed E-state index contributed by atoms with van der Waals surface area (Å²) in [7, 11) is 0. The molecule has 1 aromatic rings. The Balaban J connectivity index is 0.00000192. The first-order valence-corrected chi connectivity index (χ1v) is 9.10. The highest BCUT2D eigenvalue weighted by molar-refractivity contribution is 6.30. The minimum Gasteiger partial charge on any atom is -0.315 e. The molecule has 2 saturated heterocycles. The van der Waals surface area contributed by atoms with Gasteiger partial charge in [-0.2, -0.15) is 0 Å². The first-order valence-electron chi connectivity index (χ1n) is 8.73. The highest BCUT2D eigenvalue weighted by Gasteiger charge is 2.22. The molecule has 2 aliphatic rings. The Labute approximate surface area is 151 Å². The highest BCUT2D eigenvalue weighted by Crippen LogP contribution is 2.18. The van der Waals surface area contributed by atoms with Crippen molar-refractivity contribution in [3.8, 4) is 0 Å². The van der Waals surface area contributed by atoms with Gasteiger partial charge in [-0.25, -0.2) is 0 Å². The van der Waals surface area contributed by atoms with Gasteiger partial charge in [-0.05, 0) is 63.0 Å². The fraction of sp³-hybridized carbons (Fsp3) is 0.667. The van der Waals surface area contributed by atoms with Crippen LogP contribution < -0.4 is 5.32 Å². The van der Waals surface area contributed by atoms with E-state index < -0.39 is 0 Å². The molecule has 1 unspecified atom stereocenters. The molecule has 1 atom stereocenters. The van der Waals surface area contributed by atoms with Crippen LogP contribution in [0.3, 0.4) is 0 Å². The van der Waals surface area contributed by atoms with Gasteiger partial charge in [-0.15, -0.1) is 12.4 Å². The van der Waals surface area contributed by atoms with Crippen molar-refractivity contribution in [2.45, 2.75) is 38.3 Å². The van der Waals surface area contributed by atoms with Crippen molar-refractivity contribution < 1.29 is 0 Å². The van der Waals surface area contributed by atoms with Crippen LogP contribution in [0.1, 0.15) is 31.2 Å². The summed E-state index contributed by atoms with van der Waals surface area (Å²) in [6, 6.07) is 9.00. The molecule has 23 heavy (non-hydrogen) atoms. The Morgan fingerprint density at radius 1 is 1.22 bits per heavy atom. The zero-order chi connectivity index (χ0) is 15.2. The van der Waals surface area contributed by atoms with Crippen LogP contribution in [0.2, 0.25) is 5.02 Å². The van der Waals surface area contributed by atoms with E-state index in [1.165, 1.54) is 64.0 Å². The summed E-state index contributed by atoms with van der Waals surface area (Å²) >= 11 is 6.16. The molecule has 0 saturated carbocycles. The van der Waals surface area contributed by atoms with E-state index in [0.29, 0.717) is 6.04 Å². The number of halogens is 2. The molecule has 1 aromatic carbocycles. The summed E-state index contributed by atoms with van der Waals surface area (Å²) in [5.41, 5.74) is 1.33. The van der Waals surface area contributed by atoms with E-state index in [-0.39, 0.29) is 12.4 Å². The van der Waals surface area contributed by atoms with Gasteiger partial charge < -0.3 is 10.2 Å². The number of rotatable bonds is 6. The molecular weight excluding hydrogens is 329 g/mol. The maximum absolute atomic E-state index is 6.16. The van der Waals surface area contributed by atoms with E-state index in [2.05, 4.69) is 33.3 Å². The van der Waals surface area contributed by atoms with Gasteiger partial charge in [0.25, 0.3) is 0 Å². The van der Waals surface area contributed by atoms with E-state index in [4.69, 9.17) is 11.6 Å². The molecule has 2 aliphatic heterocycles. The third-order valence-corrected chi connectivity index (χ3v) is 5.20. The number of benzene rings is 1. The van der Waals surface area contributed by atoms with Crippen molar-refractivity contribution in [3.63, 3.8) is 0 Å². The fourth-order valence-electron chi connectivity index (χ4n) is 3.68. The molecule has 3 nitrogen and oxygen atoms in total. The third kappa shape index (κ3) is 5.91. The molecule has 0 aromatic heterocycles. The highest BCUT2D eigenvalue weighted by atomic mass is 35.5. The van der Waals surface area contributed by atoms with Gasteiger partial charge in [0, 0.05) is 37.2 Å². The zero-order valence-electron chi connectivity index (χ0n) is 13.8. The van der Waals surface area contributed by atoms with E-state index >= 15 is 0 Å². The lowest BCUT2D eigenvalue weighted by atomic mass is 10.0. The largest absolute Gasteiger partial charge is 0.315 e. The van der Waals surface area contributed by atoms with Crippen molar-refractivity contribution in [2.75, 3.05) is 39.3 Å². The molecule has 2 heterocycles. The normalized spacial score (nSPS) is 22.3. The lowest BCUT2D eigenvalue weighted by Gasteiger charge is -2.35. The maximum Gasteiger partial charge on any atom is 0.0409 e. The summed E-state index contributed by atoms with van der Waals surface area (Å²) in [6.45, 7) is 8.26. The second kappa shape index (κ2) is 9.85. The van der Waals surface area contributed by atoms with Crippen molar-refractivity contribution in [1.29, 1.82) is 0 Å². The minimum absolute atomic E-state index is 0. The quantitative estimate of drug-likeness (QED) is 0.841. The van der Waals surface area contributed by atoms with Crippen LogP contribution in [0.5, 0.6) is 0 Å². The SMILES string of the molecule is Cl.Clc1cccc(CN(CCN2CCCC2)C2CCCNC2)c1. The van der Waals surface area contributed by atoms with Gasteiger partial charge in [0.05, 0.1) is 0 Å². The first-order chi connectivity index (χ1) is 10.8. The number of likely N-dealkylation sites (tertiary alicyclic amines) is 1. The van der Waals surface area contributed by atoms with E-state index in [1.807, 2.05) is 6.07 Å². The molecule has 0 radical (unpaired) electrons. The van der Waals surface area contributed by atoms with Crippen molar-refractivity contribution in [2.24, 2.45) is 0 Å². The van der Waals surface area contributed by atoms with Crippen LogP contribution in [-0.4, -0.2) is 55.1 Å². The predicted octanol–water partition coefficient (Wildman–Crippen LogP) is 3.41. The smallest absolute Gasteiger partial charge is 0.0409 e. The summed E-state index contributed by atoms with van der Waals surface area (Å²) in [5.74, 6) is 0. The van der Waals surface area contributed by atoms with Crippen LogP contribution >= 0.6 is 24.0 Å². The fourth-order valence-corrected chi connectivity index (χ4v) is 3.89. The Kier molecular flexibility index (Phi) is 8.14. The summed E-state index contributed by atoms with van der Waals surface area (Å²) in [6.07, 6.45) is 5.35. The average Bonchev–Trinajstić information content (AvgIpc) is 3.06. The van der Waals surface area contributed by atoms with Gasteiger partial charge in [-0.1, -0.05) is 23.7 Å². The van der Waals surface area contributed by atoms with Crippen molar-refractivity contribution in [1.82, 2.24) is 15.1 Å². The maximum atomic E-state index is 6.16. The first kappa shape index (κ1) is 19.0. The molecule has 5 heteroatoms. The molecule has 1 N–H and O–H groups in total. The van der Waals surface area contributed by atoms with E-state index in [9.17, 15) is 0 Å². The molecular formula is C18H29Cl2N3. The monoisotopic (exact) mass is 357 g/mol. The lowest BCUT2D eigenvalue weighted by Crippen LogP contribution is -2.47. The molecule has 3 rings (SSSR count). The molecule has 0 spiro atoms. The van der Waals surface area contributed by atoms with Crippen molar-refractivity contribution >= 4 is 24.0 Å². The summed E-state index contributed by atoms with van der Waals surface area (Å²) < 4.78 is 0. The van der Waals surface area contributed by atoms with E-state index in [0.717, 1.165) is 18.1 Å². The molecule has 2 fully saturated rings. The van der Waals surface area contributed by atoms with Crippen LogP contribution in [0.15, 0.2) is 24.3 Å². The number of piperidine rings is 1. The number of nitrogens with one attached hydrogen (secondary N) is 1. The lowest BCUT2D eigenvalue weighted by molar-refractivity contribution is 0.139. The predicted molar refractivity (Wildman–Crippen MR) is 101 cm³/mol. The molecule has 130 valence electrons. The van der Waals surface area contributed by atoms with Gasteiger partial charge in [0.2, 0.25) is 0 Å². The summed E-state index contributed by atoms with van der Waals surface area (Å²) in [4.78, 5) is 5.28. The second-order valence-corrected chi connectivity index (χ2v) is 7.09. The van der Waals surface area contributed by atoms with Gasteiger partial charge in [0.15, 0.2) is 0 Å². The Morgan fingerprint density at radius 2 is 2.04 bits per heavy atom. The Morgan fingerprint density at radius 3 is 2.74 bits per heavy atom. The van der Waals surface area contributed by atoms with Gasteiger partial charge >= 0.3 is 0 Å². The number of nitrogens with zero attached hydrogens (tertiary/aromatic N) is 2. The van der Waals surface area contributed by atoms with Gasteiger partial charge in [0.1, 0.15) is 0 Å². The minimum atomic E-state index is 0. The van der Waals surface area contributed by atoms with Crippen molar-refractivity contribution in [3.05, 3.63) is 34.9 Å². The van der Waals surface area contributed by atoms with Crippen LogP contribution in [0, 0.1) is 0 Å². The average molecular weight is 358 g/mol. The number of hydrogen-bond acceptors (Lipinski definition) is 3. The Bertz CT molecular complexity index is 457. The summed E-state index contributed by atoms with van der Waals surface area (Å²) in [5, 5.41) is 4.41. The van der Waals surface area contributed by atoms with Crippen LogP contribution in [0.25, 0.3) is 0 Å². The van der Waals surface area contributed by atoms with Crippen LogP contribution in [0.4, 0.5) is 0 Å². The third-order valence-electron chi connectivity index (χ3n) is 4.96.